The van der Waals surface area contributed by atoms with E-state index in [1.54, 1.807) is 66.7 Å². The number of unbranched alkanes of at least 4 members (excludes halogenated alkanes) is 2. The van der Waals surface area contributed by atoms with Gasteiger partial charge >= 0.3 is 23.9 Å². The van der Waals surface area contributed by atoms with Crippen LogP contribution >= 0.6 is 0 Å². The Balaban J connectivity index is 1.48. The van der Waals surface area contributed by atoms with Crippen molar-refractivity contribution < 1.29 is 47.6 Å². The maximum atomic E-state index is 12.9. The molecule has 0 bridgehead atoms. The summed E-state index contributed by atoms with van der Waals surface area (Å²) in [4.78, 5) is 47.8. The molecule has 10 heteroatoms. The Hall–Kier alpha value is -5.38. The summed E-state index contributed by atoms with van der Waals surface area (Å²) in [5.41, 5.74) is 1.43. The SMILES string of the molecule is C=CC(=O)OCCCCOc1ccc(C(=O)Oc2ccc(OC(=O)c3ccc(OCCCCOC(=O)C=C)cc3)c(CCC)c2)cc1. The molecular formula is C37H40O10. The standard InChI is InChI=1S/C37H40O10/c1-4-11-29-26-32(46-36(40)27-12-16-30(17-13-27)42-22-7-9-24-44-34(38)5-2)20-21-33(29)47-37(41)28-14-18-31(19-15-28)43-23-8-10-25-45-35(39)6-3/h5-6,12-21,26H,2-4,7-11,22-25H2,1H3. The van der Waals surface area contributed by atoms with Gasteiger partial charge in [-0.05, 0) is 104 Å². The molecule has 0 aliphatic rings. The summed E-state index contributed by atoms with van der Waals surface area (Å²) in [6.07, 6.45) is 6.35. The minimum Gasteiger partial charge on any atom is -0.494 e. The molecule has 0 saturated carbocycles. The summed E-state index contributed by atoms with van der Waals surface area (Å²) in [5, 5.41) is 0. The van der Waals surface area contributed by atoms with E-state index in [0.29, 0.717) is 92.7 Å². The largest absolute Gasteiger partial charge is 0.494 e. The van der Waals surface area contributed by atoms with Crippen molar-refractivity contribution >= 4 is 23.9 Å². The third kappa shape index (κ3) is 12.9. The smallest absolute Gasteiger partial charge is 0.343 e. The first-order valence-corrected chi connectivity index (χ1v) is 15.4. The quantitative estimate of drug-likeness (QED) is 0.0558. The van der Waals surface area contributed by atoms with E-state index in [0.717, 1.165) is 24.1 Å². The van der Waals surface area contributed by atoms with Crippen LogP contribution in [0, 0.1) is 0 Å². The predicted octanol–water partition coefficient (Wildman–Crippen LogP) is 6.85. The Kier molecular flexibility index (Phi) is 15.3. The maximum Gasteiger partial charge on any atom is 0.343 e. The molecule has 47 heavy (non-hydrogen) atoms. The highest BCUT2D eigenvalue weighted by Gasteiger charge is 2.15. The van der Waals surface area contributed by atoms with Crippen molar-refractivity contribution in [3.63, 3.8) is 0 Å². The number of hydrogen-bond acceptors (Lipinski definition) is 10. The van der Waals surface area contributed by atoms with E-state index in [9.17, 15) is 19.2 Å². The molecule has 0 atom stereocenters. The van der Waals surface area contributed by atoms with Gasteiger partial charge in [0.2, 0.25) is 0 Å². The van der Waals surface area contributed by atoms with Crippen LogP contribution in [0.4, 0.5) is 0 Å². The van der Waals surface area contributed by atoms with Gasteiger partial charge in [0.05, 0.1) is 37.6 Å². The van der Waals surface area contributed by atoms with E-state index in [1.807, 2.05) is 6.92 Å². The molecule has 3 rings (SSSR count). The molecular weight excluding hydrogens is 604 g/mol. The molecule has 0 saturated heterocycles. The van der Waals surface area contributed by atoms with Gasteiger partial charge < -0.3 is 28.4 Å². The van der Waals surface area contributed by atoms with E-state index in [2.05, 4.69) is 13.2 Å². The number of benzene rings is 3. The Labute approximate surface area is 274 Å². The van der Waals surface area contributed by atoms with E-state index in [4.69, 9.17) is 28.4 Å². The summed E-state index contributed by atoms with van der Waals surface area (Å²) in [5.74, 6) is -0.0430. The average Bonchev–Trinajstić information content (AvgIpc) is 3.09. The number of ether oxygens (including phenoxy) is 6. The van der Waals surface area contributed by atoms with Crippen LogP contribution in [0.3, 0.4) is 0 Å². The van der Waals surface area contributed by atoms with Crippen LogP contribution in [0.25, 0.3) is 0 Å². The number of rotatable bonds is 20. The van der Waals surface area contributed by atoms with Gasteiger partial charge in [-0.2, -0.15) is 0 Å². The second-order valence-electron chi connectivity index (χ2n) is 10.2. The fourth-order valence-electron chi connectivity index (χ4n) is 4.13. The summed E-state index contributed by atoms with van der Waals surface area (Å²) in [6.45, 7) is 10.2. The lowest BCUT2D eigenvalue weighted by molar-refractivity contribution is -0.138. The summed E-state index contributed by atoms with van der Waals surface area (Å²) in [7, 11) is 0. The molecule has 0 aliphatic carbocycles. The molecule has 0 spiro atoms. The number of esters is 4. The number of hydrogen-bond donors (Lipinski definition) is 0. The van der Waals surface area contributed by atoms with Crippen LogP contribution in [0.2, 0.25) is 0 Å². The lowest BCUT2D eigenvalue weighted by Gasteiger charge is -2.13. The fraction of sp³-hybridized carbons (Fsp3) is 0.297. The second-order valence-corrected chi connectivity index (χ2v) is 10.2. The first-order chi connectivity index (χ1) is 22.8. The van der Waals surface area contributed by atoms with Crippen molar-refractivity contribution in [2.75, 3.05) is 26.4 Å². The number of carbonyl (C=O) groups excluding carboxylic acids is 4. The van der Waals surface area contributed by atoms with E-state index in [1.165, 1.54) is 0 Å². The average molecular weight is 645 g/mol. The van der Waals surface area contributed by atoms with Gasteiger partial charge in [-0.1, -0.05) is 26.5 Å². The first kappa shape index (κ1) is 36.1. The molecule has 0 heterocycles. The molecule has 3 aromatic rings. The molecule has 0 radical (unpaired) electrons. The van der Waals surface area contributed by atoms with Gasteiger partial charge in [0.1, 0.15) is 23.0 Å². The highest BCUT2D eigenvalue weighted by atomic mass is 16.5. The molecule has 3 aromatic carbocycles. The van der Waals surface area contributed by atoms with Crippen LogP contribution < -0.4 is 18.9 Å². The molecule has 0 aliphatic heterocycles. The van der Waals surface area contributed by atoms with Crippen molar-refractivity contribution in [2.45, 2.75) is 45.4 Å². The molecule has 0 amide bonds. The summed E-state index contributed by atoms with van der Waals surface area (Å²) < 4.78 is 32.5. The Bertz CT molecular complexity index is 1490. The molecule has 0 fully saturated rings. The van der Waals surface area contributed by atoms with Crippen LogP contribution in [0.5, 0.6) is 23.0 Å². The summed E-state index contributed by atoms with van der Waals surface area (Å²) in [6, 6.07) is 18.1. The second kappa shape index (κ2) is 19.9. The zero-order valence-electron chi connectivity index (χ0n) is 26.6. The Morgan fingerprint density at radius 2 is 1.04 bits per heavy atom. The minimum absolute atomic E-state index is 0.300. The highest BCUT2D eigenvalue weighted by molar-refractivity contribution is 5.92. The third-order valence-corrected chi connectivity index (χ3v) is 6.58. The summed E-state index contributed by atoms with van der Waals surface area (Å²) >= 11 is 0. The topological polar surface area (TPSA) is 124 Å². The molecule has 0 N–H and O–H groups in total. The van der Waals surface area contributed by atoms with E-state index in [-0.39, 0.29) is 0 Å². The van der Waals surface area contributed by atoms with Crippen molar-refractivity contribution in [1.82, 2.24) is 0 Å². The molecule has 0 aromatic heterocycles. The zero-order chi connectivity index (χ0) is 33.9. The number of aryl methyl sites for hydroxylation is 1. The zero-order valence-corrected chi connectivity index (χ0v) is 26.6. The van der Waals surface area contributed by atoms with E-state index < -0.39 is 23.9 Å². The van der Waals surface area contributed by atoms with Gasteiger partial charge in [-0.3, -0.25) is 0 Å². The van der Waals surface area contributed by atoms with E-state index >= 15 is 0 Å². The molecule has 10 nitrogen and oxygen atoms in total. The first-order valence-electron chi connectivity index (χ1n) is 15.4. The van der Waals surface area contributed by atoms with Crippen molar-refractivity contribution in [3.8, 4) is 23.0 Å². The maximum absolute atomic E-state index is 12.9. The van der Waals surface area contributed by atoms with Gasteiger partial charge in [-0.15, -0.1) is 0 Å². The highest BCUT2D eigenvalue weighted by Crippen LogP contribution is 2.28. The van der Waals surface area contributed by atoms with Crippen molar-refractivity contribution in [1.29, 1.82) is 0 Å². The van der Waals surface area contributed by atoms with Crippen molar-refractivity contribution in [2.24, 2.45) is 0 Å². The fourth-order valence-corrected chi connectivity index (χ4v) is 4.13. The number of carbonyl (C=O) groups is 4. The van der Waals surface area contributed by atoms with Gasteiger partial charge in [0.25, 0.3) is 0 Å². The normalized spacial score (nSPS) is 10.3. The molecule has 248 valence electrons. The molecule has 0 unspecified atom stereocenters. The van der Waals surface area contributed by atoms with Crippen LogP contribution in [-0.4, -0.2) is 50.3 Å². The lowest BCUT2D eigenvalue weighted by atomic mass is 10.1. The third-order valence-electron chi connectivity index (χ3n) is 6.58. The monoisotopic (exact) mass is 644 g/mol. The van der Waals surface area contributed by atoms with Gasteiger partial charge in [0.15, 0.2) is 0 Å². The van der Waals surface area contributed by atoms with Crippen molar-refractivity contribution in [3.05, 3.63) is 109 Å². The lowest BCUT2D eigenvalue weighted by Crippen LogP contribution is -2.11. The van der Waals surface area contributed by atoms with Crippen LogP contribution in [0.1, 0.15) is 65.3 Å². The van der Waals surface area contributed by atoms with Crippen LogP contribution in [0.15, 0.2) is 92.0 Å². The minimum atomic E-state index is -0.536. The van der Waals surface area contributed by atoms with Gasteiger partial charge in [0, 0.05) is 12.2 Å². The Morgan fingerprint density at radius 1 is 0.596 bits per heavy atom. The Morgan fingerprint density at radius 3 is 1.51 bits per heavy atom. The van der Waals surface area contributed by atoms with Crippen LogP contribution in [-0.2, 0) is 25.5 Å². The predicted molar refractivity (Wildman–Crippen MR) is 175 cm³/mol. The van der Waals surface area contributed by atoms with Gasteiger partial charge in [-0.25, -0.2) is 19.2 Å².